The molecule has 0 radical (unpaired) electrons. The molecule has 0 aromatic heterocycles. The number of nitrogens with zero attached hydrogens (tertiary/aromatic N) is 1. The minimum absolute atomic E-state index is 0.0392. The number of benzene rings is 1. The topological polar surface area (TPSA) is 58.6 Å². The largest absolute Gasteiger partial charge is 0.483 e. The van der Waals surface area contributed by atoms with Gasteiger partial charge in [-0.05, 0) is 43.2 Å². The highest BCUT2D eigenvalue weighted by atomic mass is 16.5. The van der Waals surface area contributed by atoms with Gasteiger partial charge in [0, 0.05) is 25.6 Å². The van der Waals surface area contributed by atoms with Crippen molar-refractivity contribution in [2.75, 3.05) is 19.7 Å². The minimum atomic E-state index is -0.0852. The van der Waals surface area contributed by atoms with Crippen LogP contribution in [0.3, 0.4) is 0 Å². The van der Waals surface area contributed by atoms with Gasteiger partial charge in [0.25, 0.3) is 5.91 Å². The summed E-state index contributed by atoms with van der Waals surface area (Å²) in [6.07, 6.45) is 10.9. The first-order chi connectivity index (χ1) is 14.2. The van der Waals surface area contributed by atoms with Crippen molar-refractivity contribution in [2.24, 2.45) is 5.92 Å². The van der Waals surface area contributed by atoms with E-state index in [1.54, 1.807) is 0 Å². The van der Waals surface area contributed by atoms with E-state index in [0.29, 0.717) is 12.3 Å². The molecule has 1 heterocycles. The van der Waals surface area contributed by atoms with Gasteiger partial charge in [0.2, 0.25) is 5.91 Å². The molecule has 0 atom stereocenters. The highest BCUT2D eigenvalue weighted by Gasteiger charge is 2.24. The van der Waals surface area contributed by atoms with Crippen LogP contribution in [0.2, 0.25) is 0 Å². The van der Waals surface area contributed by atoms with Crippen molar-refractivity contribution in [3.63, 3.8) is 0 Å². The molecule has 2 fully saturated rings. The molecule has 0 spiro atoms. The van der Waals surface area contributed by atoms with Crippen LogP contribution < -0.4 is 10.1 Å². The number of ether oxygens (including phenoxy) is 1. The summed E-state index contributed by atoms with van der Waals surface area (Å²) in [6.45, 7) is 3.60. The Labute approximate surface area is 175 Å². The summed E-state index contributed by atoms with van der Waals surface area (Å²) < 4.78 is 5.70. The predicted molar refractivity (Wildman–Crippen MR) is 115 cm³/mol. The standard InChI is InChI=1S/C24H36N2O3/c1-2-20-10-6-7-11-22(20)29-18-23(27)25-21-14-16-26(17-15-21)24(28)13-12-19-8-4-3-5-9-19/h6-7,10-11,19,21H,2-5,8-9,12-18H2,1H3,(H,25,27). The number of para-hydroxylation sites is 1. The van der Waals surface area contributed by atoms with Crippen LogP contribution in [0.4, 0.5) is 0 Å². The number of hydrogen-bond donors (Lipinski definition) is 1. The van der Waals surface area contributed by atoms with Crippen molar-refractivity contribution in [1.82, 2.24) is 10.2 Å². The maximum absolute atomic E-state index is 12.5. The average Bonchev–Trinajstić information content (AvgIpc) is 2.77. The van der Waals surface area contributed by atoms with E-state index in [1.165, 1.54) is 32.1 Å². The third-order valence-corrected chi connectivity index (χ3v) is 6.42. The zero-order valence-electron chi connectivity index (χ0n) is 17.8. The van der Waals surface area contributed by atoms with Crippen LogP contribution in [0.1, 0.15) is 70.3 Å². The second-order valence-corrected chi connectivity index (χ2v) is 8.52. The number of nitrogens with one attached hydrogen (secondary N) is 1. The normalized spacial score (nSPS) is 18.4. The van der Waals surface area contributed by atoms with E-state index in [4.69, 9.17) is 4.74 Å². The van der Waals surface area contributed by atoms with Gasteiger partial charge in [0.15, 0.2) is 6.61 Å². The summed E-state index contributed by atoms with van der Waals surface area (Å²) in [5.74, 6) is 1.74. The van der Waals surface area contributed by atoms with Gasteiger partial charge in [-0.2, -0.15) is 0 Å². The first-order valence-electron chi connectivity index (χ1n) is 11.4. The van der Waals surface area contributed by atoms with Crippen LogP contribution in [0.5, 0.6) is 5.75 Å². The van der Waals surface area contributed by atoms with Crippen LogP contribution in [0.25, 0.3) is 0 Å². The summed E-state index contributed by atoms with van der Waals surface area (Å²) in [6, 6.07) is 7.97. The Balaban J connectivity index is 1.33. The third kappa shape index (κ3) is 6.76. The van der Waals surface area contributed by atoms with Crippen LogP contribution in [0.15, 0.2) is 24.3 Å². The predicted octanol–water partition coefficient (Wildman–Crippen LogP) is 4.10. The fourth-order valence-electron chi connectivity index (χ4n) is 4.58. The Hall–Kier alpha value is -2.04. The van der Waals surface area contributed by atoms with Crippen molar-refractivity contribution in [1.29, 1.82) is 0 Å². The zero-order chi connectivity index (χ0) is 20.5. The van der Waals surface area contributed by atoms with Crippen LogP contribution >= 0.6 is 0 Å². The van der Waals surface area contributed by atoms with E-state index in [-0.39, 0.29) is 18.6 Å². The first kappa shape index (κ1) is 21.7. The summed E-state index contributed by atoms with van der Waals surface area (Å²) in [4.78, 5) is 26.8. The van der Waals surface area contributed by atoms with Crippen molar-refractivity contribution in [2.45, 2.75) is 77.2 Å². The van der Waals surface area contributed by atoms with Crippen molar-refractivity contribution in [3.8, 4) is 5.75 Å². The molecule has 1 saturated carbocycles. The molecule has 0 unspecified atom stereocenters. The Morgan fingerprint density at radius 1 is 1.07 bits per heavy atom. The van der Waals surface area contributed by atoms with Gasteiger partial charge in [-0.1, -0.05) is 57.2 Å². The maximum atomic E-state index is 12.5. The summed E-state index contributed by atoms with van der Waals surface area (Å²) in [5, 5.41) is 3.07. The van der Waals surface area contributed by atoms with E-state index in [9.17, 15) is 9.59 Å². The highest BCUT2D eigenvalue weighted by molar-refractivity contribution is 5.78. The van der Waals surface area contributed by atoms with Crippen LogP contribution in [0, 0.1) is 5.92 Å². The summed E-state index contributed by atoms with van der Waals surface area (Å²) >= 11 is 0. The Morgan fingerprint density at radius 2 is 1.79 bits per heavy atom. The van der Waals surface area contributed by atoms with E-state index >= 15 is 0 Å². The van der Waals surface area contributed by atoms with Crippen molar-refractivity contribution < 1.29 is 14.3 Å². The molecule has 29 heavy (non-hydrogen) atoms. The molecule has 1 saturated heterocycles. The fraction of sp³-hybridized carbons (Fsp3) is 0.667. The van der Waals surface area contributed by atoms with E-state index < -0.39 is 0 Å². The molecule has 5 nitrogen and oxygen atoms in total. The zero-order valence-corrected chi connectivity index (χ0v) is 17.8. The fourth-order valence-corrected chi connectivity index (χ4v) is 4.58. The van der Waals surface area contributed by atoms with E-state index in [1.807, 2.05) is 29.2 Å². The van der Waals surface area contributed by atoms with Gasteiger partial charge in [-0.25, -0.2) is 0 Å². The van der Waals surface area contributed by atoms with Gasteiger partial charge < -0.3 is 15.0 Å². The smallest absolute Gasteiger partial charge is 0.258 e. The molecule has 1 aromatic rings. The Bertz CT molecular complexity index is 662. The van der Waals surface area contributed by atoms with Crippen LogP contribution in [-0.4, -0.2) is 42.5 Å². The number of hydrogen-bond acceptors (Lipinski definition) is 3. The summed E-state index contributed by atoms with van der Waals surface area (Å²) in [7, 11) is 0. The lowest BCUT2D eigenvalue weighted by molar-refractivity contribution is -0.132. The lowest BCUT2D eigenvalue weighted by Crippen LogP contribution is -2.47. The van der Waals surface area contributed by atoms with Gasteiger partial charge >= 0.3 is 0 Å². The number of carbonyl (C=O) groups is 2. The number of likely N-dealkylation sites (tertiary alicyclic amines) is 1. The molecule has 1 N–H and O–H groups in total. The van der Waals surface area contributed by atoms with Crippen molar-refractivity contribution in [3.05, 3.63) is 29.8 Å². The first-order valence-corrected chi connectivity index (χ1v) is 11.4. The molecular weight excluding hydrogens is 364 g/mol. The molecule has 1 aromatic carbocycles. The molecular formula is C24H36N2O3. The highest BCUT2D eigenvalue weighted by Crippen LogP contribution is 2.27. The average molecular weight is 401 g/mol. The van der Waals surface area contributed by atoms with Crippen molar-refractivity contribution >= 4 is 11.8 Å². The Morgan fingerprint density at radius 3 is 2.52 bits per heavy atom. The SMILES string of the molecule is CCc1ccccc1OCC(=O)NC1CCN(C(=O)CCC2CCCCC2)CC1. The minimum Gasteiger partial charge on any atom is -0.483 e. The van der Waals surface area contributed by atoms with E-state index in [0.717, 1.165) is 56.0 Å². The molecule has 3 rings (SSSR count). The van der Waals surface area contributed by atoms with Gasteiger partial charge in [-0.15, -0.1) is 0 Å². The number of carbonyl (C=O) groups excluding carboxylic acids is 2. The number of piperidine rings is 1. The number of amides is 2. The van der Waals surface area contributed by atoms with Gasteiger partial charge in [0.1, 0.15) is 5.75 Å². The molecule has 2 aliphatic rings. The second kappa shape index (κ2) is 11.2. The van der Waals surface area contributed by atoms with Crippen LogP contribution in [-0.2, 0) is 16.0 Å². The lowest BCUT2D eigenvalue weighted by Gasteiger charge is -2.33. The molecule has 160 valence electrons. The number of aryl methyl sites for hydroxylation is 1. The quantitative estimate of drug-likeness (QED) is 0.715. The molecule has 2 amide bonds. The molecule has 1 aliphatic carbocycles. The van der Waals surface area contributed by atoms with Gasteiger partial charge in [0.05, 0.1) is 0 Å². The molecule has 5 heteroatoms. The third-order valence-electron chi connectivity index (χ3n) is 6.42. The number of rotatable bonds is 8. The Kier molecular flexibility index (Phi) is 8.38. The lowest BCUT2D eigenvalue weighted by atomic mass is 9.86. The second-order valence-electron chi connectivity index (χ2n) is 8.52. The molecule has 1 aliphatic heterocycles. The summed E-state index contributed by atoms with van der Waals surface area (Å²) in [5.41, 5.74) is 1.11. The van der Waals surface area contributed by atoms with E-state index in [2.05, 4.69) is 12.2 Å². The maximum Gasteiger partial charge on any atom is 0.258 e. The van der Waals surface area contributed by atoms with Gasteiger partial charge in [-0.3, -0.25) is 9.59 Å². The molecule has 0 bridgehead atoms. The monoisotopic (exact) mass is 400 g/mol.